The summed E-state index contributed by atoms with van der Waals surface area (Å²) in [4.78, 5) is 4.48. The van der Waals surface area contributed by atoms with Gasteiger partial charge >= 0.3 is 0 Å². The largest absolute Gasteiger partial charge is 0.333 e. The summed E-state index contributed by atoms with van der Waals surface area (Å²) in [5.74, 6) is 1.18. The van der Waals surface area contributed by atoms with Gasteiger partial charge in [0.05, 0.1) is 6.04 Å². The van der Waals surface area contributed by atoms with Gasteiger partial charge in [-0.1, -0.05) is 43.2 Å². The fraction of sp³-hybridized carbons (Fsp3) is 0.500. The molecule has 0 saturated heterocycles. The van der Waals surface area contributed by atoms with Crippen molar-refractivity contribution in [3.63, 3.8) is 0 Å². The molecule has 0 aliphatic rings. The number of imidazole rings is 1. The van der Waals surface area contributed by atoms with E-state index in [4.69, 9.17) is 0 Å². The molecule has 0 aliphatic carbocycles. The molecule has 0 bridgehead atoms. The maximum Gasteiger partial charge on any atom is 0.108 e. The van der Waals surface area contributed by atoms with E-state index in [1.54, 1.807) is 0 Å². The highest BCUT2D eigenvalue weighted by molar-refractivity contribution is 5.30. The minimum absolute atomic E-state index is 0.332. The van der Waals surface area contributed by atoms with E-state index in [1.165, 1.54) is 22.5 Å². The number of nitrogens with zero attached hydrogens (tertiary/aromatic N) is 2. The van der Waals surface area contributed by atoms with Crippen molar-refractivity contribution < 1.29 is 0 Å². The van der Waals surface area contributed by atoms with Gasteiger partial charge in [-0.3, -0.25) is 0 Å². The first kappa shape index (κ1) is 15.8. The third-order valence-electron chi connectivity index (χ3n) is 3.75. The zero-order chi connectivity index (χ0) is 15.2. The predicted molar refractivity (Wildman–Crippen MR) is 88.6 cm³/mol. The Hall–Kier alpha value is -1.61. The van der Waals surface area contributed by atoms with Crippen molar-refractivity contribution in [3.8, 4) is 0 Å². The summed E-state index contributed by atoms with van der Waals surface area (Å²) < 4.78 is 2.29. The molecule has 2 rings (SSSR count). The molecule has 0 amide bonds. The summed E-state index contributed by atoms with van der Waals surface area (Å²) in [5.41, 5.74) is 4.02. The summed E-state index contributed by atoms with van der Waals surface area (Å²) in [7, 11) is 0. The summed E-state index contributed by atoms with van der Waals surface area (Å²) in [6.07, 6.45) is 6.18. The van der Waals surface area contributed by atoms with Gasteiger partial charge in [-0.05, 0) is 32.4 Å². The highest BCUT2D eigenvalue weighted by Gasteiger charge is 2.13. The molecule has 1 unspecified atom stereocenters. The van der Waals surface area contributed by atoms with Crippen LogP contribution in [0.15, 0.2) is 30.6 Å². The molecule has 0 aliphatic heterocycles. The van der Waals surface area contributed by atoms with Crippen molar-refractivity contribution in [2.45, 2.75) is 53.1 Å². The number of benzene rings is 1. The van der Waals surface area contributed by atoms with E-state index < -0.39 is 0 Å². The lowest BCUT2D eigenvalue weighted by Gasteiger charge is -2.21. The number of aromatic nitrogens is 2. The zero-order valence-electron chi connectivity index (χ0n) is 13.7. The van der Waals surface area contributed by atoms with Gasteiger partial charge in [0.1, 0.15) is 5.82 Å². The Morgan fingerprint density at radius 3 is 2.48 bits per heavy atom. The minimum atomic E-state index is 0.332. The molecule has 21 heavy (non-hydrogen) atoms. The van der Waals surface area contributed by atoms with E-state index in [2.05, 4.69) is 67.0 Å². The standard InChI is InChI=1S/C18H27N3/c1-5-7-18-20-8-9-21(18)13-17(19-6-2)16-11-14(3)10-15(4)12-16/h8-12,17,19H,5-7,13H2,1-4H3. The monoisotopic (exact) mass is 285 g/mol. The second-order valence-corrected chi connectivity index (χ2v) is 5.78. The van der Waals surface area contributed by atoms with Gasteiger partial charge in [-0.2, -0.15) is 0 Å². The number of hydrogen-bond donors (Lipinski definition) is 1. The maximum absolute atomic E-state index is 4.48. The van der Waals surface area contributed by atoms with Crippen LogP contribution in [0.5, 0.6) is 0 Å². The van der Waals surface area contributed by atoms with Gasteiger partial charge < -0.3 is 9.88 Å². The molecule has 2 aromatic rings. The molecular formula is C18H27N3. The number of hydrogen-bond acceptors (Lipinski definition) is 2. The first-order valence-electron chi connectivity index (χ1n) is 7.95. The van der Waals surface area contributed by atoms with E-state index in [0.29, 0.717) is 6.04 Å². The lowest BCUT2D eigenvalue weighted by Crippen LogP contribution is -2.26. The summed E-state index contributed by atoms with van der Waals surface area (Å²) in [6, 6.07) is 7.14. The van der Waals surface area contributed by atoms with E-state index in [9.17, 15) is 0 Å². The predicted octanol–water partition coefficient (Wildman–Crippen LogP) is 3.80. The first-order valence-corrected chi connectivity index (χ1v) is 7.95. The maximum atomic E-state index is 4.48. The molecule has 3 nitrogen and oxygen atoms in total. The van der Waals surface area contributed by atoms with Gasteiger partial charge in [-0.15, -0.1) is 0 Å². The molecular weight excluding hydrogens is 258 g/mol. The average Bonchev–Trinajstić information content (AvgIpc) is 2.85. The Balaban J connectivity index is 2.24. The van der Waals surface area contributed by atoms with Gasteiger partial charge in [0.2, 0.25) is 0 Å². The van der Waals surface area contributed by atoms with Crippen molar-refractivity contribution in [2.75, 3.05) is 6.54 Å². The third kappa shape index (κ3) is 4.18. The van der Waals surface area contributed by atoms with Crippen LogP contribution in [0.25, 0.3) is 0 Å². The average molecular weight is 285 g/mol. The van der Waals surface area contributed by atoms with E-state index in [1.807, 2.05) is 6.20 Å². The molecule has 0 spiro atoms. The van der Waals surface area contributed by atoms with Crippen molar-refractivity contribution in [1.82, 2.24) is 14.9 Å². The van der Waals surface area contributed by atoms with Gasteiger partial charge in [0.25, 0.3) is 0 Å². The summed E-state index contributed by atoms with van der Waals surface area (Å²) >= 11 is 0. The van der Waals surface area contributed by atoms with E-state index in [0.717, 1.165) is 25.9 Å². The van der Waals surface area contributed by atoms with Crippen LogP contribution in [0.2, 0.25) is 0 Å². The van der Waals surface area contributed by atoms with Crippen LogP contribution >= 0.6 is 0 Å². The molecule has 0 fully saturated rings. The number of aryl methyl sites for hydroxylation is 3. The van der Waals surface area contributed by atoms with Gasteiger partial charge in [0.15, 0.2) is 0 Å². The fourth-order valence-electron chi connectivity index (χ4n) is 2.90. The molecule has 1 N–H and O–H groups in total. The second kappa shape index (κ2) is 7.41. The quantitative estimate of drug-likeness (QED) is 0.838. The summed E-state index contributed by atoms with van der Waals surface area (Å²) in [6.45, 7) is 10.6. The van der Waals surface area contributed by atoms with Gasteiger partial charge in [0, 0.05) is 25.4 Å². The zero-order valence-corrected chi connectivity index (χ0v) is 13.7. The van der Waals surface area contributed by atoms with Crippen molar-refractivity contribution in [3.05, 3.63) is 53.1 Å². The lowest BCUT2D eigenvalue weighted by atomic mass is 10.0. The highest BCUT2D eigenvalue weighted by Crippen LogP contribution is 2.19. The second-order valence-electron chi connectivity index (χ2n) is 5.78. The molecule has 3 heteroatoms. The molecule has 0 saturated carbocycles. The fourth-order valence-corrected chi connectivity index (χ4v) is 2.90. The minimum Gasteiger partial charge on any atom is -0.333 e. The van der Waals surface area contributed by atoms with E-state index in [-0.39, 0.29) is 0 Å². The smallest absolute Gasteiger partial charge is 0.108 e. The molecule has 1 heterocycles. The third-order valence-corrected chi connectivity index (χ3v) is 3.75. The highest BCUT2D eigenvalue weighted by atomic mass is 15.1. The molecule has 1 aromatic carbocycles. The SMILES string of the molecule is CCCc1nccn1CC(NCC)c1cc(C)cc(C)c1. The Bertz CT molecular complexity index is 551. The Labute approximate surface area is 128 Å². The topological polar surface area (TPSA) is 29.9 Å². The van der Waals surface area contributed by atoms with E-state index >= 15 is 0 Å². The molecule has 114 valence electrons. The van der Waals surface area contributed by atoms with Crippen LogP contribution in [-0.2, 0) is 13.0 Å². The normalized spacial score (nSPS) is 12.6. The number of likely N-dealkylation sites (N-methyl/N-ethyl adjacent to an activating group) is 1. The van der Waals surface area contributed by atoms with Crippen LogP contribution < -0.4 is 5.32 Å². The molecule has 0 radical (unpaired) electrons. The summed E-state index contributed by atoms with van der Waals surface area (Å²) in [5, 5.41) is 3.61. The Kier molecular flexibility index (Phi) is 5.57. The van der Waals surface area contributed by atoms with Crippen LogP contribution in [0.1, 0.15) is 48.8 Å². The van der Waals surface area contributed by atoms with Gasteiger partial charge in [-0.25, -0.2) is 4.98 Å². The van der Waals surface area contributed by atoms with Crippen molar-refractivity contribution in [1.29, 1.82) is 0 Å². The first-order chi connectivity index (χ1) is 10.1. The Morgan fingerprint density at radius 1 is 1.14 bits per heavy atom. The van der Waals surface area contributed by atoms with Crippen molar-refractivity contribution in [2.24, 2.45) is 0 Å². The number of nitrogens with one attached hydrogen (secondary N) is 1. The van der Waals surface area contributed by atoms with Crippen molar-refractivity contribution >= 4 is 0 Å². The lowest BCUT2D eigenvalue weighted by molar-refractivity contribution is 0.464. The molecule has 1 aromatic heterocycles. The van der Waals surface area contributed by atoms with Crippen LogP contribution in [-0.4, -0.2) is 16.1 Å². The van der Waals surface area contributed by atoms with Crippen LogP contribution in [0.3, 0.4) is 0 Å². The van der Waals surface area contributed by atoms with Crippen LogP contribution in [0, 0.1) is 13.8 Å². The Morgan fingerprint density at radius 2 is 1.86 bits per heavy atom. The number of rotatable bonds is 7. The molecule has 1 atom stereocenters. The van der Waals surface area contributed by atoms with Crippen LogP contribution in [0.4, 0.5) is 0 Å².